The number of methoxy groups -OCH3 is 1. The van der Waals surface area contributed by atoms with Crippen molar-refractivity contribution in [2.45, 2.75) is 19.4 Å². The van der Waals surface area contributed by atoms with Crippen molar-refractivity contribution in [1.29, 1.82) is 0 Å². The number of hydrogen-bond acceptors (Lipinski definition) is 4. The summed E-state index contributed by atoms with van der Waals surface area (Å²) in [7, 11) is 1.48. The zero-order valence-electron chi connectivity index (χ0n) is 17.1. The van der Waals surface area contributed by atoms with E-state index in [9.17, 15) is 9.59 Å². The van der Waals surface area contributed by atoms with E-state index < -0.39 is 0 Å². The summed E-state index contributed by atoms with van der Waals surface area (Å²) in [5, 5.41) is 0. The third-order valence-corrected chi connectivity index (χ3v) is 5.70. The summed E-state index contributed by atoms with van der Waals surface area (Å²) in [4.78, 5) is 30.4. The number of nitrogens with one attached hydrogen (secondary N) is 1. The maximum Gasteiger partial charge on any atom is 0.223 e. The summed E-state index contributed by atoms with van der Waals surface area (Å²) >= 11 is 0. The second-order valence-corrected chi connectivity index (χ2v) is 7.77. The van der Waals surface area contributed by atoms with Crippen LogP contribution in [-0.4, -0.2) is 35.9 Å². The number of carbonyl (C=O) groups excluding carboxylic acids is 1. The second-order valence-electron chi connectivity index (χ2n) is 7.77. The number of pyridine rings is 1. The van der Waals surface area contributed by atoms with Crippen molar-refractivity contribution >= 4 is 5.78 Å². The molecule has 0 spiro atoms. The molecule has 4 rings (SSSR count). The molecule has 5 heteroatoms. The van der Waals surface area contributed by atoms with Gasteiger partial charge in [-0.3, -0.25) is 14.5 Å². The summed E-state index contributed by atoms with van der Waals surface area (Å²) in [5.41, 5.74) is 3.73. The van der Waals surface area contributed by atoms with E-state index in [0.717, 1.165) is 41.8 Å². The molecule has 1 aliphatic heterocycles. The third-order valence-electron chi connectivity index (χ3n) is 5.70. The van der Waals surface area contributed by atoms with Gasteiger partial charge in [-0.25, -0.2) is 0 Å². The van der Waals surface area contributed by atoms with Gasteiger partial charge in [-0.15, -0.1) is 0 Å². The van der Waals surface area contributed by atoms with Gasteiger partial charge in [-0.1, -0.05) is 54.6 Å². The Morgan fingerprint density at radius 2 is 1.83 bits per heavy atom. The van der Waals surface area contributed by atoms with Gasteiger partial charge in [-0.05, 0) is 30.5 Å². The van der Waals surface area contributed by atoms with E-state index in [4.69, 9.17) is 4.74 Å². The number of aromatic amines is 1. The molecule has 0 amide bonds. The standard InChI is InChI=1S/C25H26N2O3/c1-30-24-15-26-22(14-23(24)28)17-27-13-5-8-21(16-27)25(29)20-11-9-19(10-12-20)18-6-3-2-4-7-18/h2-4,6-7,9-12,14-15,21H,5,8,13,16-17H2,1H3,(H,26,28). The van der Waals surface area contributed by atoms with Gasteiger partial charge in [0.2, 0.25) is 5.43 Å². The monoisotopic (exact) mass is 402 g/mol. The number of likely N-dealkylation sites (tertiary alicyclic amines) is 1. The van der Waals surface area contributed by atoms with E-state index in [-0.39, 0.29) is 17.1 Å². The van der Waals surface area contributed by atoms with Crippen LogP contribution in [0.3, 0.4) is 0 Å². The molecule has 1 aliphatic rings. The number of aromatic nitrogens is 1. The Kier molecular flexibility index (Phi) is 6.10. The number of nitrogens with zero attached hydrogens (tertiary/aromatic N) is 1. The number of piperidine rings is 1. The smallest absolute Gasteiger partial charge is 0.223 e. The van der Waals surface area contributed by atoms with E-state index in [1.807, 2.05) is 42.5 Å². The van der Waals surface area contributed by atoms with Crippen molar-refractivity contribution in [2.24, 2.45) is 5.92 Å². The third kappa shape index (κ3) is 4.52. The first-order chi connectivity index (χ1) is 14.6. The van der Waals surface area contributed by atoms with Crippen LogP contribution < -0.4 is 10.2 Å². The molecule has 1 N–H and O–H groups in total. The summed E-state index contributed by atoms with van der Waals surface area (Å²) in [6.07, 6.45) is 3.46. The molecule has 1 unspecified atom stereocenters. The van der Waals surface area contributed by atoms with Gasteiger partial charge >= 0.3 is 0 Å². The Morgan fingerprint density at radius 1 is 1.10 bits per heavy atom. The number of ether oxygens (including phenoxy) is 1. The molecule has 2 aromatic carbocycles. The first kappa shape index (κ1) is 20.1. The number of Topliss-reactive ketones (excluding diaryl/α,β-unsaturated/α-hetero) is 1. The average Bonchev–Trinajstić information content (AvgIpc) is 2.80. The lowest BCUT2D eigenvalue weighted by Gasteiger charge is -2.31. The summed E-state index contributed by atoms with van der Waals surface area (Å²) in [6, 6.07) is 19.6. The first-order valence-corrected chi connectivity index (χ1v) is 10.3. The van der Waals surface area contributed by atoms with Crippen molar-refractivity contribution in [1.82, 2.24) is 9.88 Å². The molecule has 30 heavy (non-hydrogen) atoms. The number of benzene rings is 2. The van der Waals surface area contributed by atoms with Crippen molar-refractivity contribution in [2.75, 3.05) is 20.2 Å². The normalized spacial score (nSPS) is 16.9. The number of carbonyl (C=O) groups is 1. The molecule has 2 heterocycles. The Labute approximate surface area is 176 Å². The Bertz CT molecular complexity index is 1060. The number of hydrogen-bond donors (Lipinski definition) is 1. The van der Waals surface area contributed by atoms with Crippen LogP contribution in [0.1, 0.15) is 28.9 Å². The molecule has 1 saturated heterocycles. The fraction of sp³-hybridized carbons (Fsp3) is 0.280. The molecule has 1 aromatic heterocycles. The van der Waals surface area contributed by atoms with Gasteiger partial charge in [0.05, 0.1) is 7.11 Å². The molecule has 3 aromatic rings. The average molecular weight is 402 g/mol. The maximum absolute atomic E-state index is 13.1. The van der Waals surface area contributed by atoms with Crippen LogP contribution in [0.2, 0.25) is 0 Å². The highest BCUT2D eigenvalue weighted by Crippen LogP contribution is 2.24. The SMILES string of the molecule is COc1c[nH]c(CN2CCCC(C(=O)c3ccc(-c4ccccc4)cc3)C2)cc1=O. The van der Waals surface area contributed by atoms with Gasteiger partial charge in [-0.2, -0.15) is 0 Å². The summed E-state index contributed by atoms with van der Waals surface area (Å²) in [6.45, 7) is 2.24. The van der Waals surface area contributed by atoms with Gasteiger partial charge in [0.15, 0.2) is 11.5 Å². The van der Waals surface area contributed by atoms with Crippen molar-refractivity contribution in [3.05, 3.63) is 88.3 Å². The van der Waals surface area contributed by atoms with Crippen LogP contribution in [0, 0.1) is 5.92 Å². The molecule has 1 fully saturated rings. The molecule has 154 valence electrons. The lowest BCUT2D eigenvalue weighted by atomic mass is 9.89. The Morgan fingerprint density at radius 3 is 2.53 bits per heavy atom. The minimum Gasteiger partial charge on any atom is -0.491 e. The number of H-pyrrole nitrogens is 1. The predicted molar refractivity (Wildman–Crippen MR) is 118 cm³/mol. The van der Waals surface area contributed by atoms with Crippen LogP contribution in [0.15, 0.2) is 71.7 Å². The van der Waals surface area contributed by atoms with E-state index in [1.54, 1.807) is 12.3 Å². The fourth-order valence-corrected chi connectivity index (χ4v) is 4.10. The van der Waals surface area contributed by atoms with Gasteiger partial charge in [0.1, 0.15) is 0 Å². The van der Waals surface area contributed by atoms with Crippen LogP contribution >= 0.6 is 0 Å². The van der Waals surface area contributed by atoms with E-state index in [0.29, 0.717) is 18.8 Å². The number of ketones is 1. The number of rotatable bonds is 6. The molecule has 0 radical (unpaired) electrons. The van der Waals surface area contributed by atoms with Crippen molar-refractivity contribution in [3.63, 3.8) is 0 Å². The van der Waals surface area contributed by atoms with Crippen LogP contribution in [0.25, 0.3) is 11.1 Å². The minimum atomic E-state index is -0.130. The van der Waals surface area contributed by atoms with Crippen LogP contribution in [0.4, 0.5) is 0 Å². The summed E-state index contributed by atoms with van der Waals surface area (Å²) < 4.78 is 5.02. The largest absolute Gasteiger partial charge is 0.491 e. The van der Waals surface area contributed by atoms with Crippen LogP contribution in [0.5, 0.6) is 5.75 Å². The Balaban J connectivity index is 1.42. The highest BCUT2D eigenvalue weighted by Gasteiger charge is 2.26. The minimum absolute atomic E-state index is 0.0219. The zero-order chi connectivity index (χ0) is 20.9. The highest BCUT2D eigenvalue weighted by molar-refractivity contribution is 5.98. The molecular formula is C25H26N2O3. The van der Waals surface area contributed by atoms with E-state index in [2.05, 4.69) is 22.0 Å². The lowest BCUT2D eigenvalue weighted by Crippen LogP contribution is -2.38. The zero-order valence-corrected chi connectivity index (χ0v) is 17.1. The quantitative estimate of drug-likeness (QED) is 0.630. The molecule has 0 saturated carbocycles. The van der Waals surface area contributed by atoms with Gasteiger partial charge < -0.3 is 9.72 Å². The molecule has 0 aliphatic carbocycles. The Hall–Kier alpha value is -3.18. The van der Waals surface area contributed by atoms with Gasteiger partial charge in [0.25, 0.3) is 0 Å². The fourth-order valence-electron chi connectivity index (χ4n) is 4.10. The van der Waals surface area contributed by atoms with E-state index >= 15 is 0 Å². The van der Waals surface area contributed by atoms with Crippen molar-refractivity contribution < 1.29 is 9.53 Å². The lowest BCUT2D eigenvalue weighted by molar-refractivity contribution is 0.0810. The van der Waals surface area contributed by atoms with Gasteiger partial charge in [0, 0.05) is 42.5 Å². The topological polar surface area (TPSA) is 62.4 Å². The summed E-state index contributed by atoms with van der Waals surface area (Å²) in [5.74, 6) is 0.484. The molecule has 1 atom stereocenters. The van der Waals surface area contributed by atoms with Crippen molar-refractivity contribution in [3.8, 4) is 16.9 Å². The highest BCUT2D eigenvalue weighted by atomic mass is 16.5. The second kappa shape index (κ2) is 9.09. The first-order valence-electron chi connectivity index (χ1n) is 10.3. The molecule has 0 bridgehead atoms. The maximum atomic E-state index is 13.1. The van der Waals surface area contributed by atoms with E-state index in [1.165, 1.54) is 7.11 Å². The molecule has 5 nitrogen and oxygen atoms in total. The van der Waals surface area contributed by atoms with Crippen LogP contribution in [-0.2, 0) is 6.54 Å². The predicted octanol–water partition coefficient (Wildman–Crippen LogP) is 4.15. The molecular weight excluding hydrogens is 376 g/mol.